The fourth-order valence-corrected chi connectivity index (χ4v) is 0.497. The molecule has 3 heteroatoms. The van der Waals surface area contributed by atoms with E-state index in [2.05, 4.69) is 5.32 Å². The molecule has 0 bridgehead atoms. The van der Waals surface area contributed by atoms with E-state index in [1.165, 1.54) is 18.4 Å². The molecule has 1 heterocycles. The minimum Gasteiger partial charge on any atom is -0.508 e. The van der Waals surface area contributed by atoms with E-state index < -0.39 is 6.23 Å². The van der Waals surface area contributed by atoms with E-state index in [-0.39, 0.29) is 5.76 Å². The van der Waals surface area contributed by atoms with Gasteiger partial charge >= 0.3 is 0 Å². The third-order valence-electron chi connectivity index (χ3n) is 0.850. The molecule has 0 aromatic carbocycles. The number of dihydropyridines is 1. The van der Waals surface area contributed by atoms with Gasteiger partial charge in [0.2, 0.25) is 0 Å². The highest BCUT2D eigenvalue weighted by atomic mass is 16.3. The Hall–Kier alpha value is -0.960. The van der Waals surface area contributed by atoms with Crippen LogP contribution < -0.4 is 5.32 Å². The topological polar surface area (TPSA) is 52.5 Å². The van der Waals surface area contributed by atoms with Gasteiger partial charge in [0.15, 0.2) is 0 Å². The maximum atomic E-state index is 8.68. The summed E-state index contributed by atoms with van der Waals surface area (Å²) < 4.78 is 0. The molecule has 1 aliphatic heterocycles. The molecule has 1 unspecified atom stereocenters. The molecule has 3 N–H and O–H groups in total. The van der Waals surface area contributed by atoms with Crippen LogP contribution in [0.5, 0.6) is 0 Å². The lowest BCUT2D eigenvalue weighted by Gasteiger charge is -2.08. The summed E-state index contributed by atoms with van der Waals surface area (Å²) in [6.07, 6.45) is 3.52. The standard InChI is InChI=1S/C5H7NO2/c7-4-1-2-6-5(8)3-4/h1-3,5-8H. The fraction of sp³-hybridized carbons (Fsp3) is 0.200. The SMILES string of the molecule is OC1=CC(O)NC=C1. The number of aliphatic hydroxyl groups is 2. The molecular weight excluding hydrogens is 106 g/mol. The minimum absolute atomic E-state index is 0.0938. The van der Waals surface area contributed by atoms with Crippen LogP contribution in [0.1, 0.15) is 0 Å². The van der Waals surface area contributed by atoms with Crippen molar-refractivity contribution in [3.63, 3.8) is 0 Å². The van der Waals surface area contributed by atoms with Crippen molar-refractivity contribution >= 4 is 0 Å². The summed E-state index contributed by atoms with van der Waals surface area (Å²) >= 11 is 0. The highest BCUT2D eigenvalue weighted by Gasteiger charge is 2.00. The molecule has 0 radical (unpaired) electrons. The molecule has 3 nitrogen and oxygen atoms in total. The Labute approximate surface area is 47.0 Å². The predicted octanol–water partition coefficient (Wildman–Crippen LogP) is -0.136. The Morgan fingerprint density at radius 3 is 2.75 bits per heavy atom. The summed E-state index contributed by atoms with van der Waals surface area (Å²) in [7, 11) is 0. The normalized spacial score (nSPS) is 26.6. The fourth-order valence-electron chi connectivity index (χ4n) is 0.497. The second-order valence-electron chi connectivity index (χ2n) is 1.54. The van der Waals surface area contributed by atoms with Crippen molar-refractivity contribution in [2.75, 3.05) is 0 Å². The van der Waals surface area contributed by atoms with Gasteiger partial charge in [-0.25, -0.2) is 0 Å². The van der Waals surface area contributed by atoms with E-state index in [9.17, 15) is 0 Å². The maximum absolute atomic E-state index is 8.68. The second-order valence-corrected chi connectivity index (χ2v) is 1.54. The largest absolute Gasteiger partial charge is 0.508 e. The Kier molecular flexibility index (Phi) is 1.22. The zero-order valence-electron chi connectivity index (χ0n) is 4.20. The lowest BCUT2D eigenvalue weighted by atomic mass is 10.3. The molecule has 1 aliphatic rings. The van der Waals surface area contributed by atoms with Crippen LogP contribution in [0.2, 0.25) is 0 Å². The molecule has 1 atom stereocenters. The van der Waals surface area contributed by atoms with Crippen molar-refractivity contribution in [2.24, 2.45) is 0 Å². The molecule has 44 valence electrons. The van der Waals surface area contributed by atoms with Crippen molar-refractivity contribution < 1.29 is 10.2 Å². The Morgan fingerprint density at radius 2 is 2.38 bits per heavy atom. The van der Waals surface area contributed by atoms with Gasteiger partial charge in [0.25, 0.3) is 0 Å². The van der Waals surface area contributed by atoms with Gasteiger partial charge in [0.1, 0.15) is 12.0 Å². The van der Waals surface area contributed by atoms with Crippen LogP contribution in [0.4, 0.5) is 0 Å². The first-order valence-electron chi connectivity index (χ1n) is 2.30. The summed E-state index contributed by atoms with van der Waals surface area (Å²) in [5.41, 5.74) is 0. The molecule has 0 aromatic rings. The molecule has 0 aliphatic carbocycles. The number of aliphatic hydroxyl groups excluding tert-OH is 2. The van der Waals surface area contributed by atoms with Crippen LogP contribution in [0.25, 0.3) is 0 Å². The van der Waals surface area contributed by atoms with Crippen LogP contribution in [0.15, 0.2) is 24.1 Å². The Morgan fingerprint density at radius 1 is 1.62 bits per heavy atom. The average molecular weight is 113 g/mol. The predicted molar refractivity (Wildman–Crippen MR) is 29.0 cm³/mol. The molecule has 0 amide bonds. The number of nitrogens with one attached hydrogen (secondary N) is 1. The van der Waals surface area contributed by atoms with Crippen molar-refractivity contribution in [1.82, 2.24) is 5.32 Å². The smallest absolute Gasteiger partial charge is 0.147 e. The van der Waals surface area contributed by atoms with Crippen LogP contribution >= 0.6 is 0 Å². The Bertz CT molecular complexity index is 139. The van der Waals surface area contributed by atoms with Gasteiger partial charge in [-0.05, 0) is 6.08 Å². The minimum atomic E-state index is -0.736. The summed E-state index contributed by atoms with van der Waals surface area (Å²) in [4.78, 5) is 0. The lowest BCUT2D eigenvalue weighted by Crippen LogP contribution is -2.23. The second kappa shape index (κ2) is 1.88. The molecular formula is C5H7NO2. The summed E-state index contributed by atoms with van der Waals surface area (Å²) in [6.45, 7) is 0. The van der Waals surface area contributed by atoms with Crippen LogP contribution in [-0.2, 0) is 0 Å². The third-order valence-corrected chi connectivity index (χ3v) is 0.850. The van der Waals surface area contributed by atoms with E-state index in [4.69, 9.17) is 10.2 Å². The highest BCUT2D eigenvalue weighted by molar-refractivity contribution is 5.15. The van der Waals surface area contributed by atoms with E-state index in [1.54, 1.807) is 0 Å². The number of hydrogen-bond donors (Lipinski definition) is 3. The maximum Gasteiger partial charge on any atom is 0.147 e. The summed E-state index contributed by atoms with van der Waals surface area (Å²) in [5.74, 6) is 0.0938. The average Bonchev–Trinajstić information content (AvgIpc) is 1.64. The van der Waals surface area contributed by atoms with Crippen LogP contribution in [0.3, 0.4) is 0 Å². The van der Waals surface area contributed by atoms with Crippen molar-refractivity contribution in [2.45, 2.75) is 6.23 Å². The van der Waals surface area contributed by atoms with Crippen molar-refractivity contribution in [1.29, 1.82) is 0 Å². The number of rotatable bonds is 0. The van der Waals surface area contributed by atoms with Crippen LogP contribution in [-0.4, -0.2) is 16.4 Å². The van der Waals surface area contributed by atoms with E-state index in [1.807, 2.05) is 0 Å². The van der Waals surface area contributed by atoms with Crippen LogP contribution in [0, 0.1) is 0 Å². The van der Waals surface area contributed by atoms with Crippen molar-refractivity contribution in [3.8, 4) is 0 Å². The van der Waals surface area contributed by atoms with Gasteiger partial charge in [0.05, 0.1) is 0 Å². The number of hydrogen-bond acceptors (Lipinski definition) is 3. The third kappa shape index (κ3) is 1.01. The van der Waals surface area contributed by atoms with E-state index in [0.717, 1.165) is 0 Å². The van der Waals surface area contributed by atoms with E-state index >= 15 is 0 Å². The highest BCUT2D eigenvalue weighted by Crippen LogP contribution is 1.97. The van der Waals surface area contributed by atoms with Gasteiger partial charge in [0, 0.05) is 12.3 Å². The first-order valence-corrected chi connectivity index (χ1v) is 2.30. The van der Waals surface area contributed by atoms with Gasteiger partial charge < -0.3 is 15.5 Å². The van der Waals surface area contributed by atoms with Crippen molar-refractivity contribution in [3.05, 3.63) is 24.1 Å². The quantitative estimate of drug-likeness (QED) is 0.410. The molecule has 0 saturated heterocycles. The molecule has 0 spiro atoms. The van der Waals surface area contributed by atoms with Gasteiger partial charge in [-0.15, -0.1) is 0 Å². The Balaban J connectivity index is 2.63. The van der Waals surface area contributed by atoms with E-state index in [0.29, 0.717) is 0 Å². The van der Waals surface area contributed by atoms with Gasteiger partial charge in [-0.3, -0.25) is 0 Å². The first kappa shape index (κ1) is 5.18. The van der Waals surface area contributed by atoms with Gasteiger partial charge in [-0.1, -0.05) is 0 Å². The first-order chi connectivity index (χ1) is 3.79. The summed E-state index contributed by atoms with van der Waals surface area (Å²) in [5, 5.41) is 19.9. The zero-order chi connectivity index (χ0) is 5.98. The molecule has 1 rings (SSSR count). The molecule has 8 heavy (non-hydrogen) atoms. The monoisotopic (exact) mass is 113 g/mol. The molecule has 0 fully saturated rings. The number of allylic oxidation sites excluding steroid dienone is 1. The molecule has 0 aromatic heterocycles. The summed E-state index contributed by atoms with van der Waals surface area (Å²) in [6, 6.07) is 0. The zero-order valence-corrected chi connectivity index (χ0v) is 4.20. The molecule has 0 saturated carbocycles. The van der Waals surface area contributed by atoms with Gasteiger partial charge in [-0.2, -0.15) is 0 Å². The lowest BCUT2D eigenvalue weighted by molar-refractivity contribution is 0.194.